The Kier molecular flexibility index (Phi) is 4.59. The number of carboxylic acids is 1. The standard InChI is InChI=1S/C9H17NO2.C7H6/c1-6(5-10)8-2-7(3-8)4-9(11)12;1-2-6-4-7(3-1)5-6/h6-8H,2-5,10H2,1H3,(H,11,12);1-4H,5H2. The first-order valence-electron chi connectivity index (χ1n) is 7.08. The Morgan fingerprint density at radius 1 is 1.42 bits per heavy atom. The molecule has 0 amide bonds. The van der Waals surface area contributed by atoms with Gasteiger partial charge in [0.25, 0.3) is 0 Å². The first-order chi connectivity index (χ1) is 9.08. The zero-order valence-corrected chi connectivity index (χ0v) is 11.5. The third-order valence-electron chi connectivity index (χ3n) is 4.31. The summed E-state index contributed by atoms with van der Waals surface area (Å²) < 4.78 is 0. The Hall–Kier alpha value is -1.35. The van der Waals surface area contributed by atoms with Gasteiger partial charge in [-0.2, -0.15) is 0 Å². The van der Waals surface area contributed by atoms with Crippen LogP contribution in [0.2, 0.25) is 0 Å². The second-order valence-corrected chi connectivity index (χ2v) is 5.91. The quantitative estimate of drug-likeness (QED) is 0.889. The van der Waals surface area contributed by atoms with Gasteiger partial charge in [-0.25, -0.2) is 0 Å². The van der Waals surface area contributed by atoms with E-state index >= 15 is 0 Å². The Labute approximate surface area is 114 Å². The van der Waals surface area contributed by atoms with E-state index in [1.54, 1.807) is 0 Å². The average Bonchev–Trinajstić information content (AvgIpc) is 2.33. The largest absolute Gasteiger partial charge is 0.481 e. The monoisotopic (exact) mass is 261 g/mol. The highest BCUT2D eigenvalue weighted by Gasteiger charge is 2.33. The van der Waals surface area contributed by atoms with Gasteiger partial charge in [0, 0.05) is 6.42 Å². The van der Waals surface area contributed by atoms with Gasteiger partial charge >= 0.3 is 5.97 Å². The van der Waals surface area contributed by atoms with Gasteiger partial charge in [0.05, 0.1) is 0 Å². The molecule has 0 heterocycles. The second-order valence-electron chi connectivity index (χ2n) is 5.91. The fraction of sp³-hybridized carbons (Fsp3) is 0.562. The molecule has 0 saturated heterocycles. The van der Waals surface area contributed by atoms with E-state index < -0.39 is 5.97 Å². The zero-order chi connectivity index (χ0) is 13.8. The van der Waals surface area contributed by atoms with E-state index in [4.69, 9.17) is 10.8 Å². The number of aliphatic carboxylic acids is 1. The second kappa shape index (κ2) is 6.20. The number of carboxylic acid groups (broad SMARTS) is 1. The van der Waals surface area contributed by atoms with Crippen LogP contribution in [0.5, 0.6) is 0 Å². The predicted octanol–water partition coefficient (Wildman–Crippen LogP) is 2.67. The molecule has 1 aromatic rings. The minimum absolute atomic E-state index is 0.341. The van der Waals surface area contributed by atoms with Crippen LogP contribution in [0.25, 0.3) is 0 Å². The maximum absolute atomic E-state index is 10.3. The normalized spacial score (nSPS) is 24.3. The van der Waals surface area contributed by atoms with E-state index in [1.807, 2.05) is 0 Å². The molecule has 0 spiro atoms. The third kappa shape index (κ3) is 3.80. The van der Waals surface area contributed by atoms with E-state index in [0.717, 1.165) is 19.4 Å². The lowest BCUT2D eigenvalue weighted by molar-refractivity contribution is -0.139. The molecule has 3 heteroatoms. The summed E-state index contributed by atoms with van der Waals surface area (Å²) in [4.78, 5) is 10.3. The van der Waals surface area contributed by atoms with Crippen LogP contribution in [0.4, 0.5) is 0 Å². The van der Waals surface area contributed by atoms with E-state index in [-0.39, 0.29) is 0 Å². The molecule has 1 fully saturated rings. The lowest BCUT2D eigenvalue weighted by Gasteiger charge is -2.38. The van der Waals surface area contributed by atoms with Crippen molar-refractivity contribution in [3.05, 3.63) is 35.4 Å². The van der Waals surface area contributed by atoms with Gasteiger partial charge < -0.3 is 10.8 Å². The average molecular weight is 261 g/mol. The van der Waals surface area contributed by atoms with Crippen LogP contribution >= 0.6 is 0 Å². The Morgan fingerprint density at radius 3 is 2.32 bits per heavy atom. The van der Waals surface area contributed by atoms with E-state index in [2.05, 4.69) is 31.2 Å². The first-order valence-corrected chi connectivity index (χ1v) is 7.08. The lowest BCUT2D eigenvalue weighted by atomic mass is 9.68. The summed E-state index contributed by atoms with van der Waals surface area (Å²) in [5, 5.41) is 8.51. The Balaban J connectivity index is 0.000000159. The molecular weight excluding hydrogens is 238 g/mol. The molecule has 19 heavy (non-hydrogen) atoms. The molecule has 104 valence electrons. The molecule has 0 aliphatic heterocycles. The Bertz CT molecular complexity index is 413. The van der Waals surface area contributed by atoms with E-state index in [0.29, 0.717) is 24.2 Å². The molecule has 1 unspecified atom stereocenters. The zero-order valence-electron chi connectivity index (χ0n) is 11.5. The van der Waals surface area contributed by atoms with Gasteiger partial charge in [0.1, 0.15) is 0 Å². The van der Waals surface area contributed by atoms with Crippen molar-refractivity contribution in [1.29, 1.82) is 0 Å². The van der Waals surface area contributed by atoms with Gasteiger partial charge in [-0.3, -0.25) is 4.79 Å². The van der Waals surface area contributed by atoms with Gasteiger partial charge in [-0.1, -0.05) is 31.2 Å². The summed E-state index contributed by atoms with van der Waals surface area (Å²) in [7, 11) is 0. The maximum atomic E-state index is 10.3. The fourth-order valence-electron chi connectivity index (χ4n) is 2.81. The van der Waals surface area contributed by atoms with Crippen molar-refractivity contribution in [3.63, 3.8) is 0 Å². The molecule has 3 aliphatic carbocycles. The number of hydrogen-bond donors (Lipinski definition) is 2. The van der Waals surface area contributed by atoms with E-state index in [9.17, 15) is 4.79 Å². The highest BCUT2D eigenvalue weighted by Crippen LogP contribution is 2.40. The van der Waals surface area contributed by atoms with Crippen LogP contribution < -0.4 is 5.73 Å². The number of carbonyl (C=O) groups is 1. The summed E-state index contributed by atoms with van der Waals surface area (Å²) in [6, 6.07) is 8.65. The molecule has 1 saturated carbocycles. The Morgan fingerprint density at radius 2 is 2.00 bits per heavy atom. The van der Waals surface area contributed by atoms with Crippen molar-refractivity contribution in [2.45, 2.75) is 32.6 Å². The summed E-state index contributed by atoms with van der Waals surface area (Å²) in [6.07, 6.45) is 3.68. The van der Waals surface area contributed by atoms with Gasteiger partial charge in [0.15, 0.2) is 0 Å². The molecule has 3 aliphatic rings. The van der Waals surface area contributed by atoms with Crippen molar-refractivity contribution in [2.75, 3.05) is 6.54 Å². The summed E-state index contributed by atoms with van der Waals surface area (Å²) in [6.45, 7) is 2.87. The predicted molar refractivity (Wildman–Crippen MR) is 75.9 cm³/mol. The topological polar surface area (TPSA) is 63.3 Å². The third-order valence-corrected chi connectivity index (χ3v) is 4.31. The summed E-state index contributed by atoms with van der Waals surface area (Å²) in [5.41, 5.74) is 8.48. The fourth-order valence-corrected chi connectivity index (χ4v) is 2.81. The van der Waals surface area contributed by atoms with Crippen LogP contribution in [0, 0.1) is 17.8 Å². The number of rotatable bonds is 4. The van der Waals surface area contributed by atoms with Gasteiger partial charge in [0.2, 0.25) is 0 Å². The van der Waals surface area contributed by atoms with Crippen LogP contribution in [-0.2, 0) is 11.2 Å². The summed E-state index contributed by atoms with van der Waals surface area (Å²) in [5.74, 6) is 0.995. The number of fused-ring (bicyclic) bond motifs is 2. The minimum Gasteiger partial charge on any atom is -0.481 e. The van der Waals surface area contributed by atoms with E-state index in [1.165, 1.54) is 17.5 Å². The molecule has 4 rings (SSSR count). The smallest absolute Gasteiger partial charge is 0.303 e. The first kappa shape index (κ1) is 14.1. The highest BCUT2D eigenvalue weighted by molar-refractivity contribution is 5.67. The minimum atomic E-state index is -0.668. The van der Waals surface area contributed by atoms with Crippen molar-refractivity contribution >= 4 is 5.97 Å². The van der Waals surface area contributed by atoms with Crippen molar-refractivity contribution in [3.8, 4) is 0 Å². The van der Waals surface area contributed by atoms with Crippen molar-refractivity contribution < 1.29 is 9.90 Å². The van der Waals surface area contributed by atoms with Crippen LogP contribution in [0.3, 0.4) is 0 Å². The molecule has 1 aromatic carbocycles. The molecule has 0 radical (unpaired) electrons. The molecule has 1 atom stereocenters. The molecule has 0 aromatic heterocycles. The van der Waals surface area contributed by atoms with Crippen LogP contribution in [0.1, 0.15) is 37.3 Å². The van der Waals surface area contributed by atoms with Crippen molar-refractivity contribution in [2.24, 2.45) is 23.5 Å². The molecule has 3 N–H and O–H groups in total. The highest BCUT2D eigenvalue weighted by atomic mass is 16.4. The number of hydrogen-bond acceptors (Lipinski definition) is 2. The lowest BCUT2D eigenvalue weighted by Crippen LogP contribution is -2.33. The van der Waals surface area contributed by atoms with Crippen LogP contribution in [0.15, 0.2) is 24.3 Å². The van der Waals surface area contributed by atoms with Gasteiger partial charge in [-0.05, 0) is 54.7 Å². The SMILES string of the molecule is CC(CN)C1CC(CC(=O)O)C1.c1cc2cc(c1)C2. The summed E-state index contributed by atoms with van der Waals surface area (Å²) >= 11 is 0. The number of benzene rings is 1. The van der Waals surface area contributed by atoms with Gasteiger partial charge in [-0.15, -0.1) is 0 Å². The number of nitrogens with two attached hydrogens (primary N) is 1. The maximum Gasteiger partial charge on any atom is 0.303 e. The van der Waals surface area contributed by atoms with Crippen molar-refractivity contribution in [1.82, 2.24) is 0 Å². The molecule has 3 nitrogen and oxygen atoms in total. The van der Waals surface area contributed by atoms with Crippen LogP contribution in [-0.4, -0.2) is 17.6 Å². The molecule has 2 bridgehead atoms. The molecular formula is C16H23NO2.